The van der Waals surface area contributed by atoms with Crippen molar-refractivity contribution in [3.05, 3.63) is 0 Å². The zero-order valence-electron chi connectivity index (χ0n) is 10.9. The van der Waals surface area contributed by atoms with E-state index in [0.29, 0.717) is 24.2 Å². The maximum Gasteiger partial charge on any atom is 0.256 e. The Bertz CT molecular complexity index is 218. The van der Waals surface area contributed by atoms with Crippen molar-refractivity contribution >= 4 is 0 Å². The molecule has 1 aliphatic rings. The minimum absolute atomic E-state index is 0.294. The molecule has 1 aliphatic carbocycles. The van der Waals surface area contributed by atoms with Crippen molar-refractivity contribution in [1.29, 1.82) is 0 Å². The van der Waals surface area contributed by atoms with E-state index in [9.17, 15) is 8.78 Å². The van der Waals surface area contributed by atoms with Crippen LogP contribution in [0.25, 0.3) is 0 Å². The van der Waals surface area contributed by atoms with Gasteiger partial charge in [0, 0.05) is 0 Å². The van der Waals surface area contributed by atoms with Crippen molar-refractivity contribution in [1.82, 2.24) is 5.32 Å². The maximum absolute atomic E-state index is 13.0. The molecular weight excluding hydrogens is 208 g/mol. The summed E-state index contributed by atoms with van der Waals surface area (Å²) in [5.41, 5.74) is -0.623. The Morgan fingerprint density at radius 1 is 1.31 bits per heavy atom. The van der Waals surface area contributed by atoms with Crippen LogP contribution in [0.3, 0.4) is 0 Å². The molecule has 0 saturated heterocycles. The highest BCUT2D eigenvalue weighted by Gasteiger charge is 2.44. The van der Waals surface area contributed by atoms with E-state index in [0.717, 1.165) is 19.3 Å². The van der Waals surface area contributed by atoms with Crippen molar-refractivity contribution in [2.75, 3.05) is 7.05 Å². The first-order valence-electron chi connectivity index (χ1n) is 6.35. The highest BCUT2D eigenvalue weighted by atomic mass is 19.3. The Morgan fingerprint density at radius 2 is 1.81 bits per heavy atom. The zero-order chi connectivity index (χ0) is 12.4. The van der Waals surface area contributed by atoms with Crippen LogP contribution >= 0.6 is 0 Å². The van der Waals surface area contributed by atoms with Gasteiger partial charge in [0.15, 0.2) is 0 Å². The molecule has 0 aromatic rings. The Kier molecular flexibility index (Phi) is 4.33. The van der Waals surface area contributed by atoms with E-state index < -0.39 is 12.0 Å². The molecule has 1 nitrogen and oxygen atoms in total. The minimum atomic E-state index is -2.25. The molecule has 0 bridgehead atoms. The third-order valence-corrected chi connectivity index (χ3v) is 4.81. The molecule has 1 N–H and O–H groups in total. The lowest BCUT2D eigenvalue weighted by Gasteiger charge is -2.44. The summed E-state index contributed by atoms with van der Waals surface area (Å²) in [6, 6.07) is 0. The first-order chi connectivity index (χ1) is 7.38. The standard InChI is InChI=1S/C13H25F2N/c1-5-12(2,3)10-6-8-13(16-4,9-7-10)11(14)15/h10-11,16H,5-9H2,1-4H3. The number of rotatable bonds is 4. The molecule has 0 aliphatic heterocycles. The smallest absolute Gasteiger partial charge is 0.256 e. The molecule has 3 heteroatoms. The number of hydrogen-bond donors (Lipinski definition) is 1. The molecule has 96 valence electrons. The van der Waals surface area contributed by atoms with Crippen LogP contribution < -0.4 is 5.32 Å². The van der Waals surface area contributed by atoms with Gasteiger partial charge in [0.2, 0.25) is 0 Å². The molecule has 0 radical (unpaired) electrons. The van der Waals surface area contributed by atoms with Gasteiger partial charge in [0.05, 0.1) is 5.54 Å². The predicted molar refractivity (Wildman–Crippen MR) is 63.8 cm³/mol. The molecule has 1 fully saturated rings. The molecule has 0 heterocycles. The molecule has 1 saturated carbocycles. The molecule has 0 unspecified atom stereocenters. The van der Waals surface area contributed by atoms with E-state index in [-0.39, 0.29) is 0 Å². The molecule has 1 rings (SSSR count). The van der Waals surface area contributed by atoms with Crippen molar-refractivity contribution in [2.45, 2.75) is 64.8 Å². The zero-order valence-corrected chi connectivity index (χ0v) is 10.9. The first kappa shape index (κ1) is 13.9. The first-order valence-corrected chi connectivity index (χ1v) is 6.35. The number of halogens is 2. The lowest BCUT2D eigenvalue weighted by atomic mass is 9.65. The van der Waals surface area contributed by atoms with Crippen LogP contribution in [0.1, 0.15) is 52.9 Å². The fraction of sp³-hybridized carbons (Fsp3) is 1.00. The van der Waals surface area contributed by atoms with Gasteiger partial charge in [-0.15, -0.1) is 0 Å². The van der Waals surface area contributed by atoms with E-state index in [2.05, 4.69) is 26.1 Å². The monoisotopic (exact) mass is 233 g/mol. The average Bonchev–Trinajstić information content (AvgIpc) is 2.28. The van der Waals surface area contributed by atoms with Crippen molar-refractivity contribution in [2.24, 2.45) is 11.3 Å². The van der Waals surface area contributed by atoms with E-state index >= 15 is 0 Å². The Labute approximate surface area is 98.0 Å². The van der Waals surface area contributed by atoms with Gasteiger partial charge in [-0.3, -0.25) is 0 Å². The van der Waals surface area contributed by atoms with Crippen LogP contribution in [0.4, 0.5) is 8.78 Å². The summed E-state index contributed by atoms with van der Waals surface area (Å²) in [5.74, 6) is 0.595. The Balaban J connectivity index is 2.63. The van der Waals surface area contributed by atoms with Gasteiger partial charge in [-0.05, 0) is 44.1 Å². The predicted octanol–water partition coefficient (Wildman–Crippen LogP) is 3.84. The second-order valence-corrected chi connectivity index (χ2v) is 5.82. The summed E-state index contributed by atoms with van der Waals surface area (Å²) in [6.45, 7) is 6.70. The number of nitrogens with one attached hydrogen (secondary N) is 1. The Morgan fingerprint density at radius 3 is 2.12 bits per heavy atom. The van der Waals surface area contributed by atoms with Gasteiger partial charge >= 0.3 is 0 Å². The van der Waals surface area contributed by atoms with Gasteiger partial charge in [-0.2, -0.15) is 0 Å². The summed E-state index contributed by atoms with van der Waals surface area (Å²) < 4.78 is 26.0. The third kappa shape index (κ3) is 2.55. The molecule has 0 aromatic carbocycles. The highest BCUT2D eigenvalue weighted by molar-refractivity contribution is 4.96. The summed E-state index contributed by atoms with van der Waals surface area (Å²) >= 11 is 0. The average molecular weight is 233 g/mol. The second-order valence-electron chi connectivity index (χ2n) is 5.82. The van der Waals surface area contributed by atoms with Crippen LogP contribution in [0.5, 0.6) is 0 Å². The SMILES string of the molecule is CCC(C)(C)C1CCC(NC)(C(F)F)CC1. The van der Waals surface area contributed by atoms with Crippen molar-refractivity contribution < 1.29 is 8.78 Å². The maximum atomic E-state index is 13.0. The third-order valence-electron chi connectivity index (χ3n) is 4.81. The van der Waals surface area contributed by atoms with Crippen LogP contribution in [0, 0.1) is 11.3 Å². The summed E-state index contributed by atoms with van der Waals surface area (Å²) in [7, 11) is 1.66. The molecular formula is C13H25F2N. The lowest BCUT2D eigenvalue weighted by Crippen LogP contribution is -2.52. The van der Waals surface area contributed by atoms with Crippen LogP contribution in [-0.4, -0.2) is 19.0 Å². The van der Waals surface area contributed by atoms with Crippen molar-refractivity contribution in [3.8, 4) is 0 Å². The summed E-state index contributed by atoms with van der Waals surface area (Å²) in [6.07, 6.45) is 1.93. The van der Waals surface area contributed by atoms with Crippen molar-refractivity contribution in [3.63, 3.8) is 0 Å². The lowest BCUT2D eigenvalue weighted by molar-refractivity contribution is -0.0127. The van der Waals surface area contributed by atoms with Gasteiger partial charge in [0.25, 0.3) is 6.43 Å². The molecule has 0 aromatic heterocycles. The van der Waals surface area contributed by atoms with Crippen LogP contribution in [-0.2, 0) is 0 Å². The quantitative estimate of drug-likeness (QED) is 0.778. The summed E-state index contributed by atoms with van der Waals surface area (Å²) in [4.78, 5) is 0. The molecule has 0 spiro atoms. The van der Waals surface area contributed by atoms with E-state index in [1.807, 2.05) is 0 Å². The van der Waals surface area contributed by atoms with Crippen LogP contribution in [0.15, 0.2) is 0 Å². The van der Waals surface area contributed by atoms with Gasteiger partial charge < -0.3 is 5.32 Å². The molecule has 16 heavy (non-hydrogen) atoms. The number of alkyl halides is 2. The normalized spacial score (nSPS) is 32.1. The molecule has 0 atom stereocenters. The molecule has 0 amide bonds. The minimum Gasteiger partial charge on any atom is -0.309 e. The van der Waals surface area contributed by atoms with E-state index in [4.69, 9.17) is 0 Å². The largest absolute Gasteiger partial charge is 0.309 e. The fourth-order valence-corrected chi connectivity index (χ4v) is 2.78. The highest BCUT2D eigenvalue weighted by Crippen LogP contribution is 2.44. The topological polar surface area (TPSA) is 12.0 Å². The number of hydrogen-bond acceptors (Lipinski definition) is 1. The fourth-order valence-electron chi connectivity index (χ4n) is 2.78. The second kappa shape index (κ2) is 4.99. The van der Waals surface area contributed by atoms with Gasteiger partial charge in [-0.1, -0.05) is 27.2 Å². The van der Waals surface area contributed by atoms with Gasteiger partial charge in [0.1, 0.15) is 0 Å². The van der Waals surface area contributed by atoms with Gasteiger partial charge in [-0.25, -0.2) is 8.78 Å². The van der Waals surface area contributed by atoms with E-state index in [1.54, 1.807) is 7.05 Å². The summed E-state index contributed by atoms with van der Waals surface area (Å²) in [5, 5.41) is 2.86. The van der Waals surface area contributed by atoms with E-state index in [1.165, 1.54) is 0 Å². The Hall–Kier alpha value is -0.180. The van der Waals surface area contributed by atoms with Crippen LogP contribution in [0.2, 0.25) is 0 Å².